The summed E-state index contributed by atoms with van der Waals surface area (Å²) in [5, 5.41) is 7.84. The van der Waals surface area contributed by atoms with Gasteiger partial charge in [-0.15, -0.1) is 24.0 Å². The van der Waals surface area contributed by atoms with E-state index in [0.717, 1.165) is 42.2 Å². The molecule has 0 aromatic carbocycles. The number of nitrogens with one attached hydrogen (secondary N) is 2. The molecule has 1 saturated carbocycles. The lowest BCUT2D eigenvalue weighted by atomic mass is 10.2. The fraction of sp³-hybridized carbons (Fsp3) is 0.688. The molecule has 0 amide bonds. The first kappa shape index (κ1) is 21.0. The van der Waals surface area contributed by atoms with Gasteiger partial charge in [0.05, 0.1) is 12.8 Å². The Morgan fingerprint density at radius 1 is 1.39 bits per heavy atom. The van der Waals surface area contributed by atoms with Crippen LogP contribution >= 0.6 is 47.5 Å². The summed E-state index contributed by atoms with van der Waals surface area (Å²) < 4.78 is 5.37. The first-order valence-corrected chi connectivity index (χ1v) is 10.6. The average molecular weight is 469 g/mol. The molecule has 2 atom stereocenters. The molecule has 0 bridgehead atoms. The Morgan fingerprint density at radius 2 is 2.26 bits per heavy atom. The molecule has 0 aliphatic heterocycles. The van der Waals surface area contributed by atoms with E-state index in [9.17, 15) is 0 Å². The van der Waals surface area contributed by atoms with Gasteiger partial charge < -0.3 is 15.1 Å². The molecule has 23 heavy (non-hydrogen) atoms. The third kappa shape index (κ3) is 8.07. The molecule has 1 heterocycles. The maximum atomic E-state index is 5.37. The molecule has 1 aliphatic carbocycles. The van der Waals surface area contributed by atoms with Gasteiger partial charge in [0.25, 0.3) is 0 Å². The van der Waals surface area contributed by atoms with Crippen molar-refractivity contribution in [3.63, 3.8) is 0 Å². The van der Waals surface area contributed by atoms with Crippen molar-refractivity contribution in [3.05, 3.63) is 24.2 Å². The molecule has 0 saturated heterocycles. The fourth-order valence-electron chi connectivity index (χ4n) is 2.64. The van der Waals surface area contributed by atoms with Crippen molar-refractivity contribution >= 4 is 53.5 Å². The number of hydrogen-bond acceptors (Lipinski definition) is 4. The number of halogens is 1. The van der Waals surface area contributed by atoms with E-state index in [1.807, 2.05) is 35.7 Å². The highest BCUT2D eigenvalue weighted by molar-refractivity contribution is 14.0. The third-order valence-corrected chi connectivity index (χ3v) is 5.55. The summed E-state index contributed by atoms with van der Waals surface area (Å²) >= 11 is 3.82. The predicted octanol–water partition coefficient (Wildman–Crippen LogP) is 3.62. The van der Waals surface area contributed by atoms with Crippen molar-refractivity contribution in [1.29, 1.82) is 0 Å². The minimum Gasteiger partial charge on any atom is -0.469 e. The van der Waals surface area contributed by atoms with E-state index in [1.54, 1.807) is 6.26 Å². The zero-order chi connectivity index (χ0) is 15.6. The second-order valence-electron chi connectivity index (χ2n) is 5.49. The van der Waals surface area contributed by atoms with Crippen LogP contribution in [0.2, 0.25) is 0 Å². The molecule has 0 spiro atoms. The van der Waals surface area contributed by atoms with E-state index in [4.69, 9.17) is 4.42 Å². The number of rotatable bonds is 8. The molecular formula is C16H28IN3OS2. The lowest BCUT2D eigenvalue weighted by molar-refractivity contribution is 0.506. The smallest absolute Gasteiger partial charge is 0.191 e. The summed E-state index contributed by atoms with van der Waals surface area (Å²) in [7, 11) is 0. The van der Waals surface area contributed by atoms with Crippen LogP contribution in [0.15, 0.2) is 27.8 Å². The highest BCUT2D eigenvalue weighted by Crippen LogP contribution is 2.27. The quantitative estimate of drug-likeness (QED) is 0.264. The van der Waals surface area contributed by atoms with Gasteiger partial charge in [-0.3, -0.25) is 4.99 Å². The van der Waals surface area contributed by atoms with Crippen LogP contribution in [0, 0.1) is 0 Å². The van der Waals surface area contributed by atoms with E-state index in [-0.39, 0.29) is 24.0 Å². The second-order valence-corrected chi connectivity index (χ2v) is 7.61. The normalized spacial score (nSPS) is 21.0. The number of aliphatic imine (C=N–C) groups is 1. The Morgan fingerprint density at radius 3 is 2.91 bits per heavy atom. The zero-order valence-electron chi connectivity index (χ0n) is 13.9. The highest BCUT2D eigenvalue weighted by Gasteiger charge is 2.24. The lowest BCUT2D eigenvalue weighted by Crippen LogP contribution is -2.43. The van der Waals surface area contributed by atoms with Gasteiger partial charge in [0.1, 0.15) is 5.76 Å². The summed E-state index contributed by atoms with van der Waals surface area (Å²) in [5.74, 6) is 3.02. The molecule has 1 fully saturated rings. The van der Waals surface area contributed by atoms with Gasteiger partial charge in [-0.1, -0.05) is 0 Å². The molecular weight excluding hydrogens is 441 g/mol. The predicted molar refractivity (Wildman–Crippen MR) is 115 cm³/mol. The van der Waals surface area contributed by atoms with Gasteiger partial charge in [-0.05, 0) is 43.9 Å². The summed E-state index contributed by atoms with van der Waals surface area (Å²) in [6, 6.07) is 4.50. The maximum absolute atomic E-state index is 5.37. The van der Waals surface area contributed by atoms with Crippen molar-refractivity contribution < 1.29 is 4.42 Å². The van der Waals surface area contributed by atoms with Crippen LogP contribution in [0.1, 0.15) is 25.0 Å². The van der Waals surface area contributed by atoms with Crippen LogP contribution < -0.4 is 10.6 Å². The molecule has 1 aliphatic rings. The van der Waals surface area contributed by atoms with Gasteiger partial charge in [0, 0.05) is 30.0 Å². The summed E-state index contributed by atoms with van der Waals surface area (Å²) in [4.78, 5) is 4.68. The van der Waals surface area contributed by atoms with Crippen molar-refractivity contribution in [2.45, 2.75) is 37.0 Å². The van der Waals surface area contributed by atoms with E-state index in [2.05, 4.69) is 28.1 Å². The fourth-order valence-corrected chi connectivity index (χ4v) is 3.71. The Balaban J connectivity index is 0.00000264. The molecule has 0 radical (unpaired) electrons. The minimum absolute atomic E-state index is 0. The van der Waals surface area contributed by atoms with Crippen LogP contribution in [0.3, 0.4) is 0 Å². The second kappa shape index (κ2) is 12.4. The summed E-state index contributed by atoms with van der Waals surface area (Å²) in [5.41, 5.74) is 0. The first-order valence-electron chi connectivity index (χ1n) is 7.90. The number of furan rings is 1. The molecule has 2 rings (SSSR count). The number of thioether (sulfide) groups is 2. The van der Waals surface area contributed by atoms with Crippen LogP contribution in [0.25, 0.3) is 0 Å². The van der Waals surface area contributed by atoms with Gasteiger partial charge in [0.15, 0.2) is 5.96 Å². The largest absolute Gasteiger partial charge is 0.469 e. The van der Waals surface area contributed by atoms with E-state index in [1.165, 1.54) is 19.3 Å². The first-order chi connectivity index (χ1) is 10.8. The van der Waals surface area contributed by atoms with Crippen molar-refractivity contribution in [3.8, 4) is 0 Å². The minimum atomic E-state index is 0. The third-order valence-electron chi connectivity index (χ3n) is 3.87. The number of hydrogen-bond donors (Lipinski definition) is 2. The van der Waals surface area contributed by atoms with Gasteiger partial charge in [-0.25, -0.2) is 0 Å². The van der Waals surface area contributed by atoms with Crippen LogP contribution in [-0.2, 0) is 6.42 Å². The molecule has 1 aromatic rings. The Bertz CT molecular complexity index is 443. The SMILES string of the molecule is CSCCN=C(NCCc1ccco1)NC1CCC(SC)C1.I. The topological polar surface area (TPSA) is 49.6 Å². The number of guanidine groups is 1. The van der Waals surface area contributed by atoms with Gasteiger partial charge in [0.2, 0.25) is 0 Å². The van der Waals surface area contributed by atoms with Gasteiger partial charge in [-0.2, -0.15) is 23.5 Å². The van der Waals surface area contributed by atoms with Crippen LogP contribution in [0.4, 0.5) is 0 Å². The monoisotopic (exact) mass is 469 g/mol. The van der Waals surface area contributed by atoms with Crippen molar-refractivity contribution in [1.82, 2.24) is 10.6 Å². The standard InChI is InChI=1S/C16H27N3OS2.HI/c1-21-11-9-18-16(17-8-7-14-4-3-10-20-14)19-13-5-6-15(12-13)22-2;/h3-4,10,13,15H,5-9,11-12H2,1-2H3,(H2,17,18,19);1H. The summed E-state index contributed by atoms with van der Waals surface area (Å²) in [6.45, 7) is 1.70. The van der Waals surface area contributed by atoms with Gasteiger partial charge >= 0.3 is 0 Å². The number of nitrogens with zero attached hydrogens (tertiary/aromatic N) is 1. The zero-order valence-corrected chi connectivity index (χ0v) is 17.9. The molecule has 7 heteroatoms. The van der Waals surface area contributed by atoms with E-state index in [0.29, 0.717) is 6.04 Å². The molecule has 2 unspecified atom stereocenters. The van der Waals surface area contributed by atoms with Crippen molar-refractivity contribution in [2.24, 2.45) is 4.99 Å². The average Bonchev–Trinajstić information content (AvgIpc) is 3.18. The molecule has 132 valence electrons. The Kier molecular flexibility index (Phi) is 11.3. The Hall–Kier alpha value is -0.0200. The lowest BCUT2D eigenvalue weighted by Gasteiger charge is -2.17. The van der Waals surface area contributed by atoms with E-state index < -0.39 is 0 Å². The van der Waals surface area contributed by atoms with Crippen molar-refractivity contribution in [2.75, 3.05) is 31.4 Å². The van der Waals surface area contributed by atoms with Crippen LogP contribution in [0.5, 0.6) is 0 Å². The Labute approximate surface area is 165 Å². The molecule has 2 N–H and O–H groups in total. The van der Waals surface area contributed by atoms with E-state index >= 15 is 0 Å². The molecule has 4 nitrogen and oxygen atoms in total. The van der Waals surface area contributed by atoms with Crippen LogP contribution in [-0.4, -0.2) is 48.6 Å². The maximum Gasteiger partial charge on any atom is 0.191 e. The highest BCUT2D eigenvalue weighted by atomic mass is 127. The molecule has 1 aromatic heterocycles. The summed E-state index contributed by atoms with van der Waals surface area (Å²) in [6.07, 6.45) is 10.7.